The summed E-state index contributed by atoms with van der Waals surface area (Å²) in [6.07, 6.45) is 46.7. The van der Waals surface area contributed by atoms with Crippen molar-refractivity contribution in [2.24, 2.45) is 0 Å². The third-order valence-electron chi connectivity index (χ3n) is 9.22. The summed E-state index contributed by atoms with van der Waals surface area (Å²) in [7, 11) is 0. The first-order valence-electron chi connectivity index (χ1n) is 20.9. The van der Waals surface area contributed by atoms with Crippen LogP contribution in [0.4, 0.5) is 0 Å². The highest BCUT2D eigenvalue weighted by atomic mass is 16.6. The summed E-state index contributed by atoms with van der Waals surface area (Å²) in [5.41, 5.74) is 0. The van der Waals surface area contributed by atoms with Gasteiger partial charge in [0.15, 0.2) is 6.10 Å². The van der Waals surface area contributed by atoms with E-state index in [1.807, 2.05) is 0 Å². The average molecular weight is 677 g/mol. The van der Waals surface area contributed by atoms with Crippen LogP contribution in [-0.2, 0) is 19.1 Å². The van der Waals surface area contributed by atoms with Crippen LogP contribution in [0.2, 0.25) is 0 Å². The summed E-state index contributed by atoms with van der Waals surface area (Å²) in [5.74, 6) is -0.599. The first-order valence-corrected chi connectivity index (χ1v) is 20.9. The number of hydrogen-bond acceptors (Lipinski definition) is 5. The fraction of sp³-hybridized carbons (Fsp3) is 0.860. The second-order valence-corrected chi connectivity index (χ2v) is 14.1. The van der Waals surface area contributed by atoms with Gasteiger partial charge in [0.05, 0.1) is 6.61 Å². The first-order chi connectivity index (χ1) is 23.6. The number of rotatable bonds is 38. The van der Waals surface area contributed by atoms with Gasteiger partial charge in [0.1, 0.15) is 6.61 Å². The Morgan fingerprint density at radius 2 is 0.771 bits per heavy atom. The zero-order chi connectivity index (χ0) is 35.0. The lowest BCUT2D eigenvalue weighted by molar-refractivity contribution is -0.161. The number of carbonyl (C=O) groups is 2. The molecule has 0 aliphatic rings. The molecule has 0 fully saturated rings. The van der Waals surface area contributed by atoms with E-state index in [2.05, 4.69) is 38.2 Å². The molecule has 0 aromatic heterocycles. The van der Waals surface area contributed by atoms with Crippen molar-refractivity contribution in [3.05, 3.63) is 24.3 Å². The molecule has 1 unspecified atom stereocenters. The van der Waals surface area contributed by atoms with E-state index in [0.29, 0.717) is 12.8 Å². The van der Waals surface area contributed by atoms with Crippen LogP contribution in [0.25, 0.3) is 0 Å². The maximum absolute atomic E-state index is 12.2. The van der Waals surface area contributed by atoms with Gasteiger partial charge in [0.2, 0.25) is 0 Å². The maximum Gasteiger partial charge on any atom is 0.306 e. The fourth-order valence-electron chi connectivity index (χ4n) is 6.01. The van der Waals surface area contributed by atoms with Crippen molar-refractivity contribution < 1.29 is 24.2 Å². The van der Waals surface area contributed by atoms with Crippen LogP contribution in [0, 0.1) is 0 Å². The van der Waals surface area contributed by atoms with Crippen LogP contribution in [0.1, 0.15) is 219 Å². The smallest absolute Gasteiger partial charge is 0.306 e. The molecule has 0 amide bonds. The number of esters is 2. The highest BCUT2D eigenvalue weighted by molar-refractivity contribution is 5.70. The van der Waals surface area contributed by atoms with E-state index >= 15 is 0 Å². The van der Waals surface area contributed by atoms with Crippen LogP contribution >= 0.6 is 0 Å². The molecule has 5 heteroatoms. The molecule has 0 saturated heterocycles. The highest BCUT2D eigenvalue weighted by Crippen LogP contribution is 2.14. The Balaban J connectivity index is 3.54. The van der Waals surface area contributed by atoms with Crippen molar-refractivity contribution in [1.82, 2.24) is 0 Å². The molecule has 0 radical (unpaired) electrons. The van der Waals surface area contributed by atoms with Gasteiger partial charge in [-0.15, -0.1) is 0 Å². The van der Waals surface area contributed by atoms with Crippen LogP contribution in [0.3, 0.4) is 0 Å². The van der Waals surface area contributed by atoms with Gasteiger partial charge >= 0.3 is 11.9 Å². The number of unbranched alkanes of at least 4 members (excludes halogenated alkanes) is 26. The quantitative estimate of drug-likeness (QED) is 0.0400. The topological polar surface area (TPSA) is 72.8 Å². The fourth-order valence-corrected chi connectivity index (χ4v) is 6.01. The Hall–Kier alpha value is -1.62. The number of carbonyl (C=O) groups excluding carboxylic acids is 2. The number of ether oxygens (including phenoxy) is 2. The molecule has 0 spiro atoms. The summed E-state index contributed by atoms with van der Waals surface area (Å²) < 4.78 is 10.6. The van der Waals surface area contributed by atoms with E-state index in [4.69, 9.17) is 9.47 Å². The van der Waals surface area contributed by atoms with Crippen LogP contribution < -0.4 is 0 Å². The molecule has 0 aliphatic carbocycles. The minimum atomic E-state index is -0.773. The van der Waals surface area contributed by atoms with Crippen molar-refractivity contribution in [2.75, 3.05) is 13.2 Å². The molecule has 0 aromatic carbocycles. The molecule has 0 aliphatic heterocycles. The van der Waals surface area contributed by atoms with Crippen LogP contribution in [0.15, 0.2) is 24.3 Å². The van der Waals surface area contributed by atoms with Crippen molar-refractivity contribution in [3.8, 4) is 0 Å². The van der Waals surface area contributed by atoms with Crippen molar-refractivity contribution in [3.63, 3.8) is 0 Å². The Morgan fingerprint density at radius 1 is 0.458 bits per heavy atom. The van der Waals surface area contributed by atoms with Gasteiger partial charge < -0.3 is 14.6 Å². The van der Waals surface area contributed by atoms with Gasteiger partial charge in [-0.05, 0) is 64.2 Å². The third kappa shape index (κ3) is 37.2. The van der Waals surface area contributed by atoms with Gasteiger partial charge in [-0.3, -0.25) is 9.59 Å². The average Bonchev–Trinajstić information content (AvgIpc) is 3.09. The normalized spacial score (nSPS) is 12.3. The van der Waals surface area contributed by atoms with E-state index < -0.39 is 6.10 Å². The van der Waals surface area contributed by atoms with Gasteiger partial charge in [-0.25, -0.2) is 0 Å². The molecule has 1 atom stereocenters. The second kappa shape index (κ2) is 39.8. The molecule has 0 bridgehead atoms. The van der Waals surface area contributed by atoms with Crippen molar-refractivity contribution >= 4 is 11.9 Å². The molecular weight excluding hydrogens is 596 g/mol. The standard InChI is InChI=1S/C43H80O5/c1-3-5-7-9-11-13-15-17-19-21-22-24-26-28-30-32-34-36-38-43(46)48-41(39-44)40-47-42(45)37-35-33-31-29-27-25-23-20-18-16-14-12-10-8-6-4-2/h19-21,23,41,44H,3-18,22,24-40H2,1-2H3/b21-19-,23-20-. The van der Waals surface area contributed by atoms with Gasteiger partial charge in [-0.1, -0.05) is 167 Å². The third-order valence-corrected chi connectivity index (χ3v) is 9.22. The van der Waals surface area contributed by atoms with Crippen LogP contribution in [-0.4, -0.2) is 36.4 Å². The summed E-state index contributed by atoms with van der Waals surface area (Å²) >= 11 is 0. The van der Waals surface area contributed by atoms with E-state index in [1.54, 1.807) is 0 Å². The lowest BCUT2D eigenvalue weighted by Gasteiger charge is -2.15. The molecule has 48 heavy (non-hydrogen) atoms. The Labute approximate surface area is 298 Å². The molecule has 282 valence electrons. The number of hydrogen-bond donors (Lipinski definition) is 1. The van der Waals surface area contributed by atoms with Crippen LogP contribution in [0.5, 0.6) is 0 Å². The second-order valence-electron chi connectivity index (χ2n) is 14.1. The lowest BCUT2D eigenvalue weighted by atomic mass is 10.1. The zero-order valence-electron chi connectivity index (χ0n) is 32.0. The highest BCUT2D eigenvalue weighted by Gasteiger charge is 2.16. The van der Waals surface area contributed by atoms with Crippen molar-refractivity contribution in [2.45, 2.75) is 225 Å². The minimum absolute atomic E-state index is 0.0689. The molecule has 0 aromatic rings. The summed E-state index contributed by atoms with van der Waals surface area (Å²) in [6.45, 7) is 4.13. The summed E-state index contributed by atoms with van der Waals surface area (Å²) in [4.78, 5) is 24.3. The predicted octanol–water partition coefficient (Wildman–Crippen LogP) is 13.1. The zero-order valence-corrected chi connectivity index (χ0v) is 32.0. The molecule has 0 heterocycles. The first kappa shape index (κ1) is 46.4. The number of allylic oxidation sites excluding steroid dienone is 4. The Bertz CT molecular complexity index is 731. The van der Waals surface area contributed by atoms with E-state index in [0.717, 1.165) is 44.9 Å². The van der Waals surface area contributed by atoms with Crippen molar-refractivity contribution in [1.29, 1.82) is 0 Å². The molecule has 5 nitrogen and oxygen atoms in total. The van der Waals surface area contributed by atoms with E-state index in [-0.39, 0.29) is 25.2 Å². The maximum atomic E-state index is 12.2. The van der Waals surface area contributed by atoms with Gasteiger partial charge in [-0.2, -0.15) is 0 Å². The Kier molecular flexibility index (Phi) is 38.5. The predicted molar refractivity (Wildman–Crippen MR) is 205 cm³/mol. The Morgan fingerprint density at radius 3 is 1.12 bits per heavy atom. The summed E-state index contributed by atoms with van der Waals surface area (Å²) in [6, 6.07) is 0. The number of aliphatic hydroxyl groups is 1. The molecule has 1 N–H and O–H groups in total. The molecular formula is C43H80O5. The molecule has 0 saturated carbocycles. The molecule has 0 rings (SSSR count). The SMILES string of the molecule is CCCCCCCCC/C=C\CCCCCCCCCC(=O)OC(CO)COC(=O)CCCCCCC/C=C\CCCCCCCCC. The minimum Gasteiger partial charge on any atom is -0.462 e. The van der Waals surface area contributed by atoms with Gasteiger partial charge in [0.25, 0.3) is 0 Å². The largest absolute Gasteiger partial charge is 0.462 e. The lowest BCUT2D eigenvalue weighted by Crippen LogP contribution is -2.28. The van der Waals surface area contributed by atoms with E-state index in [1.165, 1.54) is 148 Å². The van der Waals surface area contributed by atoms with E-state index in [9.17, 15) is 14.7 Å². The summed E-state index contributed by atoms with van der Waals surface area (Å²) in [5, 5.41) is 9.56. The monoisotopic (exact) mass is 677 g/mol. The van der Waals surface area contributed by atoms with Gasteiger partial charge in [0, 0.05) is 12.8 Å². The number of aliphatic hydroxyl groups excluding tert-OH is 1.